The van der Waals surface area contributed by atoms with E-state index in [-0.39, 0.29) is 0 Å². The van der Waals surface area contributed by atoms with Crippen molar-refractivity contribution in [3.05, 3.63) is 84.4 Å². The minimum Gasteiger partial charge on any atom is -0.354 e. The molecular weight excluding hydrogens is 314 g/mol. The summed E-state index contributed by atoms with van der Waals surface area (Å²) in [7, 11) is 0. The summed E-state index contributed by atoms with van der Waals surface area (Å²) in [5.74, 6) is 0. The van der Waals surface area contributed by atoms with E-state index in [1.807, 2.05) is 0 Å². The molecule has 6 rings (SSSR count). The summed E-state index contributed by atoms with van der Waals surface area (Å²) in [6.07, 6.45) is 0. The molecule has 0 aliphatic rings. The van der Waals surface area contributed by atoms with Gasteiger partial charge in [0.05, 0.1) is 5.52 Å². The molecule has 0 unspecified atom stereocenters. The molecule has 0 saturated heterocycles. The second-order valence-corrected chi connectivity index (χ2v) is 7.18. The van der Waals surface area contributed by atoms with Crippen molar-refractivity contribution in [2.75, 3.05) is 0 Å². The molecule has 0 aliphatic heterocycles. The van der Waals surface area contributed by atoms with Gasteiger partial charge in [-0.1, -0.05) is 72.3 Å². The average Bonchev–Trinajstić information content (AvgIpc) is 3.06. The normalized spacial score (nSPS) is 12.0. The summed E-state index contributed by atoms with van der Waals surface area (Å²) in [4.78, 5) is 3.71. The van der Waals surface area contributed by atoms with Gasteiger partial charge in [-0.3, -0.25) is 0 Å². The highest BCUT2D eigenvalue weighted by Crippen LogP contribution is 2.41. The van der Waals surface area contributed by atoms with Crippen LogP contribution in [0.25, 0.3) is 54.1 Å². The van der Waals surface area contributed by atoms with Gasteiger partial charge in [0, 0.05) is 21.7 Å². The van der Waals surface area contributed by atoms with Crippen LogP contribution < -0.4 is 0 Å². The highest BCUT2D eigenvalue weighted by atomic mass is 14.7. The van der Waals surface area contributed by atoms with Gasteiger partial charge in [0.2, 0.25) is 0 Å². The van der Waals surface area contributed by atoms with Crippen molar-refractivity contribution in [1.82, 2.24) is 4.98 Å². The highest BCUT2D eigenvalue weighted by Gasteiger charge is 2.15. The largest absolute Gasteiger partial charge is 0.354 e. The molecule has 1 aromatic heterocycles. The van der Waals surface area contributed by atoms with Gasteiger partial charge in [0.15, 0.2) is 0 Å². The van der Waals surface area contributed by atoms with E-state index < -0.39 is 0 Å². The lowest BCUT2D eigenvalue weighted by molar-refractivity contribution is 1.49. The number of hydrogen-bond acceptors (Lipinski definition) is 0. The molecule has 0 fully saturated rings. The zero-order valence-corrected chi connectivity index (χ0v) is 14.5. The van der Waals surface area contributed by atoms with E-state index in [0.29, 0.717) is 0 Å². The topological polar surface area (TPSA) is 15.8 Å². The Balaban J connectivity index is 2.03. The maximum Gasteiger partial charge on any atom is 0.0551 e. The van der Waals surface area contributed by atoms with Crippen molar-refractivity contribution in [1.29, 1.82) is 0 Å². The van der Waals surface area contributed by atoms with Crippen LogP contribution in [0.15, 0.2) is 78.9 Å². The van der Waals surface area contributed by atoms with Crippen LogP contribution in [0.3, 0.4) is 0 Å². The Bertz CT molecular complexity index is 1480. The molecule has 0 spiro atoms. The Hall–Kier alpha value is -3.32. The standard InChI is InChI=1S/C25H17N/c1-15-10-13-22-21(14-15)24-19-9-5-4-8-18(19)23-17-7-3-2-6-16(17)11-12-20(23)25(24)26-22/h2-14,26H,1H3. The molecule has 5 aromatic carbocycles. The number of fused-ring (bicyclic) bond motifs is 10. The number of aryl methyl sites for hydroxylation is 1. The van der Waals surface area contributed by atoms with Crippen molar-refractivity contribution >= 4 is 54.1 Å². The Labute approximate surface area is 150 Å². The summed E-state index contributed by atoms with van der Waals surface area (Å²) in [5.41, 5.74) is 3.74. The Kier molecular flexibility index (Phi) is 2.60. The summed E-state index contributed by atoms with van der Waals surface area (Å²) in [5, 5.41) is 10.5. The number of benzene rings is 5. The van der Waals surface area contributed by atoms with Gasteiger partial charge in [-0.2, -0.15) is 0 Å². The molecule has 0 atom stereocenters. The van der Waals surface area contributed by atoms with Crippen LogP contribution in [0.5, 0.6) is 0 Å². The first-order chi connectivity index (χ1) is 12.8. The molecule has 0 radical (unpaired) electrons. The average molecular weight is 331 g/mol. The van der Waals surface area contributed by atoms with Crippen LogP contribution in [0.1, 0.15) is 5.56 Å². The number of aromatic nitrogens is 1. The Morgan fingerprint density at radius 2 is 1.31 bits per heavy atom. The maximum absolute atomic E-state index is 3.71. The van der Waals surface area contributed by atoms with E-state index in [2.05, 4.69) is 90.8 Å². The van der Waals surface area contributed by atoms with E-state index in [1.54, 1.807) is 0 Å². The van der Waals surface area contributed by atoms with Gasteiger partial charge in [-0.15, -0.1) is 0 Å². The number of rotatable bonds is 0. The third kappa shape index (κ3) is 1.70. The van der Waals surface area contributed by atoms with E-state index in [9.17, 15) is 0 Å². The van der Waals surface area contributed by atoms with E-state index >= 15 is 0 Å². The molecule has 122 valence electrons. The first-order valence-electron chi connectivity index (χ1n) is 9.05. The lowest BCUT2D eigenvalue weighted by atomic mass is 9.93. The third-order valence-corrected chi connectivity index (χ3v) is 5.62. The Morgan fingerprint density at radius 1 is 0.577 bits per heavy atom. The van der Waals surface area contributed by atoms with E-state index in [4.69, 9.17) is 0 Å². The van der Waals surface area contributed by atoms with Crippen molar-refractivity contribution in [3.63, 3.8) is 0 Å². The molecule has 0 bridgehead atoms. The quantitative estimate of drug-likeness (QED) is 0.286. The van der Waals surface area contributed by atoms with Gasteiger partial charge in [-0.05, 0) is 46.0 Å². The fourth-order valence-electron chi connectivity index (χ4n) is 4.48. The lowest BCUT2D eigenvalue weighted by Crippen LogP contribution is -1.83. The van der Waals surface area contributed by atoms with Crippen LogP contribution in [0.2, 0.25) is 0 Å². The predicted molar refractivity (Wildman–Crippen MR) is 113 cm³/mol. The van der Waals surface area contributed by atoms with Crippen LogP contribution in [0, 0.1) is 6.92 Å². The Morgan fingerprint density at radius 3 is 2.15 bits per heavy atom. The van der Waals surface area contributed by atoms with Gasteiger partial charge in [0.1, 0.15) is 0 Å². The molecule has 0 amide bonds. The highest BCUT2D eigenvalue weighted by molar-refractivity contribution is 6.35. The molecule has 0 aliphatic carbocycles. The molecule has 1 heteroatoms. The SMILES string of the molecule is Cc1ccc2[nH]c3c4ccc5ccccc5c4c4ccccc4c3c2c1. The predicted octanol–water partition coefficient (Wildman–Crippen LogP) is 7.09. The summed E-state index contributed by atoms with van der Waals surface area (Å²) < 4.78 is 0. The number of aromatic amines is 1. The first kappa shape index (κ1) is 13.9. The molecule has 1 nitrogen and oxygen atoms in total. The first-order valence-corrected chi connectivity index (χ1v) is 9.05. The van der Waals surface area contributed by atoms with E-state index in [1.165, 1.54) is 59.7 Å². The summed E-state index contributed by atoms with van der Waals surface area (Å²) in [6, 6.07) is 28.7. The fraction of sp³-hybridized carbons (Fsp3) is 0.0400. The second-order valence-electron chi connectivity index (χ2n) is 7.18. The molecule has 6 aromatic rings. The smallest absolute Gasteiger partial charge is 0.0551 e. The van der Waals surface area contributed by atoms with Crippen LogP contribution >= 0.6 is 0 Å². The van der Waals surface area contributed by atoms with Gasteiger partial charge in [0.25, 0.3) is 0 Å². The van der Waals surface area contributed by atoms with Crippen LogP contribution in [-0.2, 0) is 0 Å². The summed E-state index contributed by atoms with van der Waals surface area (Å²) >= 11 is 0. The number of H-pyrrole nitrogens is 1. The van der Waals surface area contributed by atoms with Gasteiger partial charge < -0.3 is 4.98 Å². The molecular formula is C25H17N. The maximum atomic E-state index is 3.71. The van der Waals surface area contributed by atoms with Gasteiger partial charge in [-0.25, -0.2) is 0 Å². The summed E-state index contributed by atoms with van der Waals surface area (Å²) in [6.45, 7) is 2.16. The van der Waals surface area contributed by atoms with Crippen molar-refractivity contribution < 1.29 is 0 Å². The van der Waals surface area contributed by atoms with Crippen molar-refractivity contribution in [3.8, 4) is 0 Å². The third-order valence-electron chi connectivity index (χ3n) is 5.62. The fourth-order valence-corrected chi connectivity index (χ4v) is 4.48. The van der Waals surface area contributed by atoms with Gasteiger partial charge >= 0.3 is 0 Å². The molecule has 1 N–H and O–H groups in total. The monoisotopic (exact) mass is 331 g/mol. The lowest BCUT2D eigenvalue weighted by Gasteiger charge is -2.10. The molecule has 0 saturated carbocycles. The molecule has 1 heterocycles. The van der Waals surface area contributed by atoms with E-state index in [0.717, 1.165) is 0 Å². The number of hydrogen-bond donors (Lipinski definition) is 1. The second kappa shape index (κ2) is 4.86. The molecule has 26 heavy (non-hydrogen) atoms. The minimum absolute atomic E-state index is 1.21. The zero-order valence-electron chi connectivity index (χ0n) is 14.5. The van der Waals surface area contributed by atoms with Crippen molar-refractivity contribution in [2.45, 2.75) is 6.92 Å². The number of nitrogens with one attached hydrogen (secondary N) is 1. The van der Waals surface area contributed by atoms with Crippen LogP contribution in [0.4, 0.5) is 0 Å². The minimum atomic E-state index is 1.21. The van der Waals surface area contributed by atoms with Crippen LogP contribution in [-0.4, -0.2) is 4.98 Å². The zero-order chi connectivity index (χ0) is 17.3. The van der Waals surface area contributed by atoms with Crippen molar-refractivity contribution in [2.24, 2.45) is 0 Å².